The van der Waals surface area contributed by atoms with Crippen molar-refractivity contribution in [2.75, 3.05) is 5.88 Å². The highest BCUT2D eigenvalue weighted by molar-refractivity contribution is 7.20. The van der Waals surface area contributed by atoms with Gasteiger partial charge < -0.3 is 5.32 Å². The smallest absolute Gasteiger partial charge is 0.261 e. The number of rotatable bonds is 3. The molecule has 1 aliphatic carbocycles. The molecule has 1 N–H and O–H groups in total. The summed E-state index contributed by atoms with van der Waals surface area (Å²) >= 11 is 7.58. The normalized spacial score (nSPS) is 22.9. The zero-order valence-corrected chi connectivity index (χ0v) is 12.8. The molecule has 1 fully saturated rings. The van der Waals surface area contributed by atoms with Crippen molar-refractivity contribution >= 4 is 38.9 Å². The summed E-state index contributed by atoms with van der Waals surface area (Å²) in [4.78, 5) is 13.2. The van der Waals surface area contributed by atoms with E-state index in [2.05, 4.69) is 11.4 Å². The van der Waals surface area contributed by atoms with Crippen LogP contribution in [-0.4, -0.2) is 17.8 Å². The van der Waals surface area contributed by atoms with Gasteiger partial charge in [0.25, 0.3) is 5.91 Å². The van der Waals surface area contributed by atoms with Crippen molar-refractivity contribution in [1.82, 2.24) is 5.32 Å². The molecule has 1 aromatic carbocycles. The summed E-state index contributed by atoms with van der Waals surface area (Å²) in [6.45, 7) is 0. The van der Waals surface area contributed by atoms with E-state index in [-0.39, 0.29) is 11.9 Å². The van der Waals surface area contributed by atoms with Gasteiger partial charge in [0.1, 0.15) is 0 Å². The number of fused-ring (bicyclic) bond motifs is 1. The van der Waals surface area contributed by atoms with Crippen LogP contribution in [0.4, 0.5) is 0 Å². The van der Waals surface area contributed by atoms with Crippen LogP contribution in [-0.2, 0) is 0 Å². The van der Waals surface area contributed by atoms with Gasteiger partial charge in [-0.25, -0.2) is 0 Å². The molecule has 0 radical (unpaired) electrons. The van der Waals surface area contributed by atoms with Gasteiger partial charge in [-0.05, 0) is 36.3 Å². The van der Waals surface area contributed by atoms with E-state index in [0.717, 1.165) is 27.8 Å². The molecule has 2 unspecified atom stereocenters. The average Bonchev–Trinajstić information content (AvgIpc) is 2.92. The number of carbonyl (C=O) groups excluding carboxylic acids is 1. The van der Waals surface area contributed by atoms with Crippen LogP contribution in [0.5, 0.6) is 0 Å². The van der Waals surface area contributed by atoms with Gasteiger partial charge in [0.05, 0.1) is 4.88 Å². The molecule has 1 aliphatic rings. The second-order valence-electron chi connectivity index (χ2n) is 5.43. The number of alkyl halides is 1. The van der Waals surface area contributed by atoms with Crippen molar-refractivity contribution in [3.8, 4) is 0 Å². The van der Waals surface area contributed by atoms with E-state index in [9.17, 15) is 4.79 Å². The minimum Gasteiger partial charge on any atom is -0.348 e. The Balaban J connectivity index is 1.75. The molecular formula is C16H18ClNOS. The fourth-order valence-electron chi connectivity index (χ4n) is 2.92. The van der Waals surface area contributed by atoms with Gasteiger partial charge in [-0.15, -0.1) is 22.9 Å². The molecule has 2 nitrogen and oxygen atoms in total. The summed E-state index contributed by atoms with van der Waals surface area (Å²) in [6, 6.07) is 10.3. The van der Waals surface area contributed by atoms with Crippen LogP contribution in [0.15, 0.2) is 30.3 Å². The van der Waals surface area contributed by atoms with Crippen LogP contribution in [0, 0.1) is 5.92 Å². The number of carbonyl (C=O) groups is 1. The predicted octanol–water partition coefficient (Wildman–Crippen LogP) is 4.43. The lowest BCUT2D eigenvalue weighted by atomic mass is 9.86. The van der Waals surface area contributed by atoms with E-state index in [1.54, 1.807) is 11.3 Å². The Hall–Kier alpha value is -1.06. The quantitative estimate of drug-likeness (QED) is 0.835. The zero-order chi connectivity index (χ0) is 13.9. The lowest BCUT2D eigenvalue weighted by Gasteiger charge is -2.30. The molecule has 3 rings (SSSR count). The first kappa shape index (κ1) is 13.9. The Morgan fingerprint density at radius 2 is 2.10 bits per heavy atom. The summed E-state index contributed by atoms with van der Waals surface area (Å²) in [6.07, 6.45) is 4.59. The van der Waals surface area contributed by atoms with Crippen LogP contribution in [0.3, 0.4) is 0 Å². The molecule has 1 aromatic heterocycles. The van der Waals surface area contributed by atoms with Crippen LogP contribution in [0.25, 0.3) is 10.1 Å². The van der Waals surface area contributed by atoms with Gasteiger partial charge in [-0.2, -0.15) is 0 Å². The third kappa shape index (κ3) is 2.84. The average molecular weight is 308 g/mol. The van der Waals surface area contributed by atoms with E-state index in [1.807, 2.05) is 24.3 Å². The fraction of sp³-hybridized carbons (Fsp3) is 0.438. The second-order valence-corrected chi connectivity index (χ2v) is 6.82. The van der Waals surface area contributed by atoms with Crippen molar-refractivity contribution in [3.63, 3.8) is 0 Å². The van der Waals surface area contributed by atoms with E-state index < -0.39 is 0 Å². The third-order valence-corrected chi connectivity index (χ3v) is 5.58. The number of hydrogen-bond donors (Lipinski definition) is 1. The van der Waals surface area contributed by atoms with Crippen molar-refractivity contribution in [1.29, 1.82) is 0 Å². The van der Waals surface area contributed by atoms with Crippen molar-refractivity contribution in [2.45, 2.75) is 31.7 Å². The monoisotopic (exact) mass is 307 g/mol. The van der Waals surface area contributed by atoms with Crippen molar-refractivity contribution in [3.05, 3.63) is 35.2 Å². The fourth-order valence-corrected chi connectivity index (χ4v) is 4.25. The highest BCUT2D eigenvalue weighted by Crippen LogP contribution is 2.28. The van der Waals surface area contributed by atoms with Gasteiger partial charge in [0.2, 0.25) is 0 Å². The number of nitrogens with one attached hydrogen (secondary N) is 1. The standard InChI is InChI=1S/C16H18ClNOS/c17-10-12-6-1-3-7-13(12)18-16(19)15-9-11-5-2-4-8-14(11)20-15/h2,4-5,8-9,12-13H,1,3,6-7,10H2,(H,18,19). The van der Waals surface area contributed by atoms with Crippen LogP contribution >= 0.6 is 22.9 Å². The Bertz CT molecular complexity index is 576. The van der Waals surface area contributed by atoms with Crippen LogP contribution in [0.2, 0.25) is 0 Å². The summed E-state index contributed by atoms with van der Waals surface area (Å²) in [5, 5.41) is 4.32. The second kappa shape index (κ2) is 6.15. The minimum absolute atomic E-state index is 0.0493. The number of benzene rings is 1. The number of halogens is 1. The van der Waals surface area contributed by atoms with Gasteiger partial charge in [-0.1, -0.05) is 31.0 Å². The molecule has 106 valence electrons. The maximum Gasteiger partial charge on any atom is 0.261 e. The molecule has 0 spiro atoms. The highest BCUT2D eigenvalue weighted by atomic mass is 35.5. The Labute approximate surface area is 128 Å². The maximum absolute atomic E-state index is 12.4. The number of thiophene rings is 1. The first-order valence-corrected chi connectivity index (χ1v) is 8.48. The maximum atomic E-state index is 12.4. The summed E-state index contributed by atoms with van der Waals surface area (Å²) in [5.74, 6) is 1.11. The summed E-state index contributed by atoms with van der Waals surface area (Å²) in [5.41, 5.74) is 0. The first-order chi connectivity index (χ1) is 9.78. The Kier molecular flexibility index (Phi) is 4.27. The molecular weight excluding hydrogens is 290 g/mol. The van der Waals surface area contributed by atoms with E-state index in [1.165, 1.54) is 12.8 Å². The molecule has 2 atom stereocenters. The zero-order valence-electron chi connectivity index (χ0n) is 11.3. The topological polar surface area (TPSA) is 29.1 Å². The van der Waals surface area contributed by atoms with Crippen molar-refractivity contribution < 1.29 is 4.79 Å². The van der Waals surface area contributed by atoms with Gasteiger partial charge >= 0.3 is 0 Å². The van der Waals surface area contributed by atoms with Crippen LogP contribution in [0.1, 0.15) is 35.4 Å². The lowest BCUT2D eigenvalue weighted by Crippen LogP contribution is -2.42. The highest BCUT2D eigenvalue weighted by Gasteiger charge is 2.26. The third-order valence-electron chi connectivity index (χ3n) is 4.07. The first-order valence-electron chi connectivity index (χ1n) is 7.13. The molecule has 4 heteroatoms. The molecule has 1 saturated carbocycles. The lowest BCUT2D eigenvalue weighted by molar-refractivity contribution is 0.0915. The van der Waals surface area contributed by atoms with Gasteiger partial charge in [-0.3, -0.25) is 4.79 Å². The summed E-state index contributed by atoms with van der Waals surface area (Å²) < 4.78 is 1.16. The van der Waals surface area contributed by atoms with E-state index >= 15 is 0 Å². The largest absolute Gasteiger partial charge is 0.348 e. The molecule has 2 aromatic rings. The molecule has 0 bridgehead atoms. The minimum atomic E-state index is 0.0493. The molecule has 0 saturated heterocycles. The van der Waals surface area contributed by atoms with Crippen LogP contribution < -0.4 is 5.32 Å². The number of amides is 1. The summed E-state index contributed by atoms with van der Waals surface area (Å²) in [7, 11) is 0. The number of hydrogen-bond acceptors (Lipinski definition) is 2. The molecule has 1 amide bonds. The molecule has 0 aliphatic heterocycles. The SMILES string of the molecule is O=C(NC1CCCCC1CCl)c1cc2ccccc2s1. The Morgan fingerprint density at radius 1 is 1.30 bits per heavy atom. The van der Waals surface area contributed by atoms with Crippen molar-refractivity contribution in [2.24, 2.45) is 5.92 Å². The van der Waals surface area contributed by atoms with Gasteiger partial charge in [0, 0.05) is 16.6 Å². The van der Waals surface area contributed by atoms with E-state index in [4.69, 9.17) is 11.6 Å². The molecule has 20 heavy (non-hydrogen) atoms. The van der Waals surface area contributed by atoms with Gasteiger partial charge in [0.15, 0.2) is 0 Å². The molecule has 1 heterocycles. The Morgan fingerprint density at radius 3 is 2.90 bits per heavy atom. The predicted molar refractivity (Wildman–Crippen MR) is 85.8 cm³/mol. The van der Waals surface area contributed by atoms with E-state index in [0.29, 0.717) is 11.8 Å².